The van der Waals surface area contributed by atoms with E-state index in [1.807, 2.05) is 30.3 Å². The molecule has 220 valence electrons. The lowest BCUT2D eigenvalue weighted by atomic mass is 9.83. The van der Waals surface area contributed by atoms with Crippen molar-refractivity contribution < 1.29 is 27.1 Å². The van der Waals surface area contributed by atoms with Crippen LogP contribution in [0.15, 0.2) is 105 Å². The highest BCUT2D eigenvalue weighted by molar-refractivity contribution is 7.07. The molecule has 3 aromatic carbocycles. The second kappa shape index (κ2) is 10.6. The van der Waals surface area contributed by atoms with Crippen LogP contribution < -0.4 is 14.9 Å². The Morgan fingerprint density at radius 2 is 1.82 bits per heavy atom. The molecule has 2 aromatic heterocycles. The SMILES string of the molecule is COC(=O)c1ccc([C@H]2C3=C(N=c4s/c(=C\c5ccc(-c6cccc(C(F)(F)F)c6)o5)c(=O)n42)c2ccccc2CC3)cc1. The minimum Gasteiger partial charge on any atom is -0.465 e. The minimum atomic E-state index is -4.48. The summed E-state index contributed by atoms with van der Waals surface area (Å²) < 4.78 is 52.5. The summed E-state index contributed by atoms with van der Waals surface area (Å²) in [6, 6.07) is 22.8. The van der Waals surface area contributed by atoms with Gasteiger partial charge in [0.1, 0.15) is 11.5 Å². The van der Waals surface area contributed by atoms with Crippen LogP contribution in [-0.4, -0.2) is 17.6 Å². The third kappa shape index (κ3) is 4.81. The lowest BCUT2D eigenvalue weighted by Crippen LogP contribution is -2.38. The van der Waals surface area contributed by atoms with Gasteiger partial charge in [-0.15, -0.1) is 0 Å². The number of hydrogen-bond donors (Lipinski definition) is 0. The molecule has 5 aromatic rings. The number of hydrogen-bond acceptors (Lipinski definition) is 6. The topological polar surface area (TPSA) is 73.8 Å². The number of ether oxygens (including phenoxy) is 1. The van der Waals surface area contributed by atoms with Crippen molar-refractivity contribution in [2.75, 3.05) is 7.11 Å². The van der Waals surface area contributed by atoms with Gasteiger partial charge in [-0.25, -0.2) is 9.79 Å². The molecular weight excluding hydrogens is 589 g/mol. The molecule has 0 unspecified atom stereocenters. The molecule has 0 spiro atoms. The maximum Gasteiger partial charge on any atom is 0.416 e. The minimum absolute atomic E-state index is 0.255. The van der Waals surface area contributed by atoms with Crippen molar-refractivity contribution in [2.45, 2.75) is 25.1 Å². The largest absolute Gasteiger partial charge is 0.465 e. The molecule has 0 saturated carbocycles. The average molecular weight is 613 g/mol. The lowest BCUT2D eigenvalue weighted by Gasteiger charge is -2.30. The molecule has 0 saturated heterocycles. The quantitative estimate of drug-likeness (QED) is 0.221. The fraction of sp³-hybridized carbons (Fsp3) is 0.147. The van der Waals surface area contributed by atoms with Gasteiger partial charge >= 0.3 is 12.1 Å². The molecule has 0 N–H and O–H groups in total. The van der Waals surface area contributed by atoms with E-state index in [-0.39, 0.29) is 16.9 Å². The molecule has 44 heavy (non-hydrogen) atoms. The number of esters is 1. The Morgan fingerprint density at radius 1 is 1.02 bits per heavy atom. The van der Waals surface area contributed by atoms with Crippen LogP contribution in [0.1, 0.15) is 50.8 Å². The zero-order valence-electron chi connectivity index (χ0n) is 23.2. The van der Waals surface area contributed by atoms with E-state index in [0.29, 0.717) is 27.1 Å². The van der Waals surface area contributed by atoms with E-state index in [2.05, 4.69) is 6.07 Å². The summed E-state index contributed by atoms with van der Waals surface area (Å²) >= 11 is 1.22. The first kappa shape index (κ1) is 27.8. The number of thiazole rings is 1. The summed E-state index contributed by atoms with van der Waals surface area (Å²) in [6.07, 6.45) is -1.37. The highest BCUT2D eigenvalue weighted by Crippen LogP contribution is 2.41. The van der Waals surface area contributed by atoms with Crippen LogP contribution in [-0.2, 0) is 17.3 Å². The van der Waals surface area contributed by atoms with Gasteiger partial charge in [-0.2, -0.15) is 13.2 Å². The lowest BCUT2D eigenvalue weighted by molar-refractivity contribution is -0.137. The summed E-state index contributed by atoms with van der Waals surface area (Å²) in [4.78, 5) is 31.6. The second-order valence-electron chi connectivity index (χ2n) is 10.5. The van der Waals surface area contributed by atoms with Crippen molar-refractivity contribution in [3.63, 3.8) is 0 Å². The zero-order valence-corrected chi connectivity index (χ0v) is 24.0. The van der Waals surface area contributed by atoms with Gasteiger partial charge in [0, 0.05) is 17.2 Å². The fourth-order valence-corrected chi connectivity index (χ4v) is 6.79. The second-order valence-corrected chi connectivity index (χ2v) is 11.5. The Bertz CT molecular complexity index is 2150. The molecule has 2 aliphatic rings. The summed E-state index contributed by atoms with van der Waals surface area (Å²) in [6.45, 7) is 0. The smallest absolute Gasteiger partial charge is 0.416 e. The Balaban J connectivity index is 1.35. The van der Waals surface area contributed by atoms with E-state index in [4.69, 9.17) is 14.1 Å². The van der Waals surface area contributed by atoms with E-state index in [1.165, 1.54) is 30.1 Å². The molecule has 0 amide bonds. The summed E-state index contributed by atoms with van der Waals surface area (Å²) in [5, 5.41) is 0. The third-order valence-corrected chi connectivity index (χ3v) is 8.88. The summed E-state index contributed by atoms with van der Waals surface area (Å²) in [7, 11) is 1.33. The van der Waals surface area contributed by atoms with Gasteiger partial charge in [0.25, 0.3) is 5.56 Å². The number of benzene rings is 3. The van der Waals surface area contributed by atoms with Gasteiger partial charge in [-0.05, 0) is 65.9 Å². The van der Waals surface area contributed by atoms with Crippen molar-refractivity contribution in [1.82, 2.24) is 4.57 Å². The fourth-order valence-electron chi connectivity index (χ4n) is 5.81. The number of methoxy groups -OCH3 is 1. The maximum absolute atomic E-state index is 14.0. The molecule has 1 aliphatic carbocycles. The van der Waals surface area contributed by atoms with E-state index < -0.39 is 23.8 Å². The van der Waals surface area contributed by atoms with Crippen LogP contribution >= 0.6 is 11.3 Å². The van der Waals surface area contributed by atoms with Gasteiger partial charge in [-0.3, -0.25) is 9.36 Å². The first-order valence-corrected chi connectivity index (χ1v) is 14.6. The Labute approximate surface area is 252 Å². The average Bonchev–Trinajstić information content (AvgIpc) is 3.63. The first-order chi connectivity index (χ1) is 21.2. The van der Waals surface area contributed by atoms with E-state index in [0.717, 1.165) is 41.0 Å². The molecule has 1 aliphatic heterocycles. The molecule has 1 atom stereocenters. The van der Waals surface area contributed by atoms with Crippen molar-refractivity contribution >= 4 is 29.1 Å². The van der Waals surface area contributed by atoms with Gasteiger partial charge in [-0.1, -0.05) is 59.9 Å². The Kier molecular flexibility index (Phi) is 6.73. The number of halogens is 3. The highest BCUT2D eigenvalue weighted by atomic mass is 32.1. The monoisotopic (exact) mass is 612 g/mol. The standard InChI is InChI=1S/C34H23F3N2O4S/c1-42-32(41)21-11-9-20(10-12-21)30-26-15-13-19-5-2-3-8-25(19)29(26)38-33-39(30)31(40)28(44-33)18-24-14-16-27(43-24)22-6-4-7-23(17-22)34(35,36)37/h2-12,14,16-18,30H,13,15H2,1H3/b28-18-/t30-/m0/s1. The number of fused-ring (bicyclic) bond motifs is 3. The predicted octanol–water partition coefficient (Wildman–Crippen LogP) is 6.38. The van der Waals surface area contributed by atoms with Gasteiger partial charge < -0.3 is 9.15 Å². The molecule has 0 radical (unpaired) electrons. The van der Waals surface area contributed by atoms with Crippen molar-refractivity contribution in [3.05, 3.63) is 144 Å². The molecule has 0 bridgehead atoms. The van der Waals surface area contributed by atoms with E-state index in [1.54, 1.807) is 41.0 Å². The molecule has 0 fully saturated rings. The number of furan rings is 1. The third-order valence-electron chi connectivity index (χ3n) is 7.90. The number of carbonyl (C=O) groups excluding carboxylic acids is 1. The Morgan fingerprint density at radius 3 is 2.59 bits per heavy atom. The van der Waals surface area contributed by atoms with Crippen molar-refractivity contribution in [2.24, 2.45) is 4.99 Å². The van der Waals surface area contributed by atoms with Crippen LogP contribution in [0.2, 0.25) is 0 Å². The maximum atomic E-state index is 14.0. The van der Waals surface area contributed by atoms with Crippen molar-refractivity contribution in [3.8, 4) is 11.3 Å². The number of aryl methyl sites for hydroxylation is 1. The van der Waals surface area contributed by atoms with Gasteiger partial charge in [0.15, 0.2) is 4.80 Å². The number of alkyl halides is 3. The number of nitrogens with zero attached hydrogens (tertiary/aromatic N) is 2. The first-order valence-electron chi connectivity index (χ1n) is 13.8. The predicted molar refractivity (Wildman–Crippen MR) is 160 cm³/mol. The summed E-state index contributed by atoms with van der Waals surface area (Å²) in [5.41, 5.74) is 4.54. The molecule has 10 heteroatoms. The molecular formula is C34H23F3N2O4S. The van der Waals surface area contributed by atoms with E-state index in [9.17, 15) is 22.8 Å². The van der Waals surface area contributed by atoms with E-state index >= 15 is 0 Å². The van der Waals surface area contributed by atoms with Crippen LogP contribution in [0.3, 0.4) is 0 Å². The van der Waals surface area contributed by atoms with Crippen molar-refractivity contribution in [1.29, 1.82) is 0 Å². The number of rotatable bonds is 4. The van der Waals surface area contributed by atoms with Crippen LogP contribution in [0.25, 0.3) is 23.1 Å². The van der Waals surface area contributed by atoms with Crippen LogP contribution in [0, 0.1) is 0 Å². The molecule has 6 nitrogen and oxygen atoms in total. The molecule has 7 rings (SSSR count). The Hall–Kier alpha value is -4.96. The number of allylic oxidation sites excluding steroid dienone is 1. The van der Waals surface area contributed by atoms with Crippen LogP contribution in [0.5, 0.6) is 0 Å². The normalized spacial score (nSPS) is 16.2. The zero-order chi connectivity index (χ0) is 30.6. The highest BCUT2D eigenvalue weighted by Gasteiger charge is 2.33. The number of aromatic nitrogens is 1. The number of carbonyl (C=O) groups is 1. The van der Waals surface area contributed by atoms with Crippen LogP contribution in [0.4, 0.5) is 13.2 Å². The van der Waals surface area contributed by atoms with Gasteiger partial charge in [0.2, 0.25) is 0 Å². The summed E-state index contributed by atoms with van der Waals surface area (Å²) in [5.74, 6) is 0.136. The molecule has 3 heterocycles. The van der Waals surface area contributed by atoms with Gasteiger partial charge in [0.05, 0.1) is 34.5 Å².